The fourth-order valence-corrected chi connectivity index (χ4v) is 5.46. The standard InChI is InChI=1S/C24H29IN6O/c1-15-13-31-22(27-23(15)29-11-9-17(26)14-29)12-20(28-31)21-8-3-4-10-30(21)24(32)18-6-5-7-19(25)16(18)2/h5-7,12-13,17,21H,3-4,8-11,14,26H2,1-2H3/t17-,21-/m0/s1. The van der Waals surface area contributed by atoms with E-state index in [2.05, 4.69) is 40.5 Å². The lowest BCUT2D eigenvalue weighted by molar-refractivity contribution is 0.0605. The van der Waals surface area contributed by atoms with Crippen molar-refractivity contribution < 1.29 is 4.79 Å². The number of nitrogens with two attached hydrogens (primary N) is 1. The Balaban J connectivity index is 1.48. The van der Waals surface area contributed by atoms with Gasteiger partial charge in [-0.1, -0.05) is 6.07 Å². The minimum Gasteiger partial charge on any atom is -0.355 e. The molecule has 0 bridgehead atoms. The number of piperidine rings is 1. The first-order valence-corrected chi connectivity index (χ1v) is 12.4. The summed E-state index contributed by atoms with van der Waals surface area (Å²) < 4.78 is 2.97. The molecule has 2 N–H and O–H groups in total. The van der Waals surface area contributed by atoms with Gasteiger partial charge in [0.2, 0.25) is 0 Å². The van der Waals surface area contributed by atoms with E-state index < -0.39 is 0 Å². The molecule has 0 radical (unpaired) electrons. The van der Waals surface area contributed by atoms with Crippen molar-refractivity contribution in [3.63, 3.8) is 0 Å². The predicted molar refractivity (Wildman–Crippen MR) is 134 cm³/mol. The Morgan fingerprint density at radius 3 is 2.81 bits per heavy atom. The number of aromatic nitrogens is 3. The largest absolute Gasteiger partial charge is 0.355 e. The van der Waals surface area contributed by atoms with Crippen LogP contribution in [0.15, 0.2) is 30.5 Å². The third-order valence-electron chi connectivity index (χ3n) is 6.75. The van der Waals surface area contributed by atoms with Gasteiger partial charge >= 0.3 is 0 Å². The Labute approximate surface area is 202 Å². The summed E-state index contributed by atoms with van der Waals surface area (Å²) in [6.07, 6.45) is 6.08. The van der Waals surface area contributed by atoms with Gasteiger partial charge in [-0.3, -0.25) is 4.79 Å². The molecule has 2 atom stereocenters. The van der Waals surface area contributed by atoms with Crippen LogP contribution < -0.4 is 10.6 Å². The van der Waals surface area contributed by atoms with E-state index in [0.29, 0.717) is 0 Å². The van der Waals surface area contributed by atoms with Gasteiger partial charge in [0.15, 0.2) is 5.65 Å². The second-order valence-electron chi connectivity index (χ2n) is 9.04. The molecule has 8 heteroatoms. The van der Waals surface area contributed by atoms with Gasteiger partial charge in [-0.25, -0.2) is 9.50 Å². The van der Waals surface area contributed by atoms with Crippen molar-refractivity contribution in [3.05, 3.63) is 56.4 Å². The average Bonchev–Trinajstić information content (AvgIpc) is 3.40. The quantitative estimate of drug-likeness (QED) is 0.507. The topological polar surface area (TPSA) is 79.8 Å². The molecule has 0 unspecified atom stereocenters. The van der Waals surface area contributed by atoms with E-state index in [4.69, 9.17) is 15.8 Å². The fourth-order valence-electron chi connectivity index (χ4n) is 4.96. The van der Waals surface area contributed by atoms with Gasteiger partial charge in [0.25, 0.3) is 5.91 Å². The second-order valence-corrected chi connectivity index (χ2v) is 10.2. The first-order chi connectivity index (χ1) is 15.4. The van der Waals surface area contributed by atoms with Crippen LogP contribution in [0.25, 0.3) is 5.65 Å². The number of nitrogens with zero attached hydrogens (tertiary/aromatic N) is 5. The van der Waals surface area contributed by atoms with Crippen molar-refractivity contribution in [2.24, 2.45) is 5.73 Å². The molecule has 1 amide bonds. The first-order valence-electron chi connectivity index (χ1n) is 11.4. The van der Waals surface area contributed by atoms with Crippen LogP contribution in [-0.4, -0.2) is 51.1 Å². The van der Waals surface area contributed by atoms with E-state index in [1.807, 2.05) is 40.7 Å². The highest BCUT2D eigenvalue weighted by molar-refractivity contribution is 14.1. The summed E-state index contributed by atoms with van der Waals surface area (Å²) in [5.74, 6) is 1.08. The zero-order valence-corrected chi connectivity index (χ0v) is 20.7. The number of fused-ring (bicyclic) bond motifs is 1. The Morgan fingerprint density at radius 1 is 1.19 bits per heavy atom. The van der Waals surface area contributed by atoms with Gasteiger partial charge in [-0.05, 0) is 79.8 Å². The Morgan fingerprint density at radius 2 is 2.03 bits per heavy atom. The lowest BCUT2D eigenvalue weighted by Gasteiger charge is -2.35. The summed E-state index contributed by atoms with van der Waals surface area (Å²) in [6, 6.07) is 8.17. The maximum Gasteiger partial charge on any atom is 0.254 e. The van der Waals surface area contributed by atoms with Crippen LogP contribution in [0.4, 0.5) is 5.82 Å². The Bertz CT molecular complexity index is 1170. The number of hydrogen-bond acceptors (Lipinski definition) is 5. The molecule has 32 heavy (non-hydrogen) atoms. The highest BCUT2D eigenvalue weighted by Crippen LogP contribution is 2.33. The Hall–Kier alpha value is -2.20. The summed E-state index contributed by atoms with van der Waals surface area (Å²) in [7, 11) is 0. The van der Waals surface area contributed by atoms with Crippen molar-refractivity contribution in [1.29, 1.82) is 0 Å². The van der Waals surface area contributed by atoms with Crippen LogP contribution in [0.5, 0.6) is 0 Å². The zero-order valence-electron chi connectivity index (χ0n) is 18.6. The van der Waals surface area contributed by atoms with Crippen LogP contribution in [0.2, 0.25) is 0 Å². The number of benzene rings is 1. The summed E-state index contributed by atoms with van der Waals surface area (Å²) in [5, 5.41) is 4.86. The summed E-state index contributed by atoms with van der Waals surface area (Å²) in [5.41, 5.74) is 10.8. The molecule has 2 fully saturated rings. The van der Waals surface area contributed by atoms with E-state index in [9.17, 15) is 4.79 Å². The number of hydrogen-bond donors (Lipinski definition) is 1. The monoisotopic (exact) mass is 544 g/mol. The van der Waals surface area contributed by atoms with Crippen LogP contribution in [-0.2, 0) is 0 Å². The van der Waals surface area contributed by atoms with E-state index in [0.717, 1.165) is 82.7 Å². The van der Waals surface area contributed by atoms with Crippen LogP contribution in [0.3, 0.4) is 0 Å². The third-order valence-corrected chi connectivity index (χ3v) is 7.92. The fraction of sp³-hybridized carbons (Fsp3) is 0.458. The molecule has 2 saturated heterocycles. The molecule has 0 spiro atoms. The van der Waals surface area contributed by atoms with Crippen molar-refractivity contribution in [2.75, 3.05) is 24.5 Å². The zero-order chi connectivity index (χ0) is 22.4. The SMILES string of the molecule is Cc1cn2nc([C@@H]3CCCCN3C(=O)c3cccc(I)c3C)cc2nc1N1CC[C@H](N)C1. The molecule has 0 aliphatic carbocycles. The normalized spacial score (nSPS) is 21.5. The van der Waals surface area contributed by atoms with Gasteiger partial charge < -0.3 is 15.5 Å². The number of anilines is 1. The van der Waals surface area contributed by atoms with Crippen molar-refractivity contribution >= 4 is 40.0 Å². The summed E-state index contributed by atoms with van der Waals surface area (Å²) >= 11 is 2.30. The molecule has 4 heterocycles. The minimum absolute atomic E-state index is 0.0285. The molecule has 0 saturated carbocycles. The maximum atomic E-state index is 13.5. The predicted octanol–water partition coefficient (Wildman–Crippen LogP) is 3.86. The van der Waals surface area contributed by atoms with Gasteiger partial charge in [0.05, 0.1) is 11.7 Å². The van der Waals surface area contributed by atoms with Crippen LogP contribution in [0.1, 0.15) is 58.9 Å². The number of likely N-dealkylation sites (tertiary alicyclic amines) is 1. The molecule has 168 valence electrons. The van der Waals surface area contributed by atoms with Gasteiger partial charge in [0.1, 0.15) is 5.82 Å². The first kappa shape index (κ1) is 21.6. The molecule has 2 aliphatic heterocycles. The molecule has 3 aromatic rings. The van der Waals surface area contributed by atoms with Gasteiger partial charge in [0, 0.05) is 52.6 Å². The van der Waals surface area contributed by atoms with E-state index >= 15 is 0 Å². The molecular weight excluding hydrogens is 515 g/mol. The third kappa shape index (κ3) is 3.87. The van der Waals surface area contributed by atoms with E-state index in [1.54, 1.807) is 0 Å². The highest BCUT2D eigenvalue weighted by atomic mass is 127. The molecule has 7 nitrogen and oxygen atoms in total. The molecule has 1 aromatic carbocycles. The van der Waals surface area contributed by atoms with E-state index in [-0.39, 0.29) is 18.0 Å². The number of amides is 1. The van der Waals surface area contributed by atoms with Gasteiger partial charge in [-0.2, -0.15) is 5.10 Å². The molecule has 2 aromatic heterocycles. The van der Waals surface area contributed by atoms with E-state index in [1.165, 1.54) is 0 Å². The summed E-state index contributed by atoms with van der Waals surface area (Å²) in [6.45, 7) is 6.63. The number of halogens is 1. The average molecular weight is 544 g/mol. The Kier molecular flexibility index (Phi) is 5.83. The smallest absolute Gasteiger partial charge is 0.254 e. The van der Waals surface area contributed by atoms with Crippen LogP contribution >= 0.6 is 22.6 Å². The lowest BCUT2D eigenvalue weighted by atomic mass is 9.97. The number of rotatable bonds is 3. The number of carbonyl (C=O) groups is 1. The number of carbonyl (C=O) groups excluding carboxylic acids is 1. The lowest BCUT2D eigenvalue weighted by Crippen LogP contribution is -2.39. The van der Waals surface area contributed by atoms with Gasteiger partial charge in [-0.15, -0.1) is 0 Å². The summed E-state index contributed by atoms with van der Waals surface area (Å²) in [4.78, 5) is 22.7. The van der Waals surface area contributed by atoms with Crippen molar-refractivity contribution in [3.8, 4) is 0 Å². The van der Waals surface area contributed by atoms with Crippen molar-refractivity contribution in [1.82, 2.24) is 19.5 Å². The molecule has 5 rings (SSSR count). The molecular formula is C24H29IN6O. The maximum absolute atomic E-state index is 13.5. The molecule has 2 aliphatic rings. The number of aryl methyl sites for hydroxylation is 1. The van der Waals surface area contributed by atoms with Crippen molar-refractivity contribution in [2.45, 2.75) is 51.6 Å². The second kappa shape index (κ2) is 8.62. The minimum atomic E-state index is -0.0285. The van der Waals surface area contributed by atoms with Crippen LogP contribution in [0, 0.1) is 17.4 Å². The highest BCUT2D eigenvalue weighted by Gasteiger charge is 2.32.